The molecule has 5 atom stereocenters. The first-order valence-corrected chi connectivity index (χ1v) is 4.79. The molecule has 7 nitrogen and oxygen atoms in total. The van der Waals surface area contributed by atoms with Gasteiger partial charge in [0.25, 0.3) is 0 Å². The number of rotatable bonds is 7. The van der Waals surface area contributed by atoms with Crippen LogP contribution < -0.4 is 0 Å². The van der Waals surface area contributed by atoms with Crippen LogP contribution in [0.1, 0.15) is 6.92 Å². The summed E-state index contributed by atoms with van der Waals surface area (Å²) in [6, 6.07) is 0. The third-order valence-electron chi connectivity index (χ3n) is 2.20. The minimum Gasteiger partial charge on any atom is -0.387 e. The molecule has 0 rings (SSSR count). The second-order valence-electron chi connectivity index (χ2n) is 3.69. The SMILES string of the molecule is C=C(C)C(=O)C(O)[C@@H](O)[C@@H](O)[C@H](O)[C@@H](O)C=O. The van der Waals surface area contributed by atoms with Crippen molar-refractivity contribution in [2.45, 2.75) is 37.4 Å². The summed E-state index contributed by atoms with van der Waals surface area (Å²) in [5.74, 6) is -0.913. The quantitative estimate of drug-likeness (QED) is 0.241. The molecule has 0 saturated heterocycles. The molecule has 0 radical (unpaired) electrons. The van der Waals surface area contributed by atoms with Gasteiger partial charge in [0.1, 0.15) is 30.5 Å². The zero-order valence-electron chi connectivity index (χ0n) is 9.22. The molecule has 0 aliphatic rings. The normalized spacial score (nSPS) is 19.9. The van der Waals surface area contributed by atoms with Crippen molar-refractivity contribution in [2.24, 2.45) is 0 Å². The number of aldehydes is 1. The van der Waals surface area contributed by atoms with Crippen molar-refractivity contribution in [3.05, 3.63) is 12.2 Å². The molecule has 0 aromatic heterocycles. The van der Waals surface area contributed by atoms with Gasteiger partial charge >= 0.3 is 0 Å². The maximum absolute atomic E-state index is 11.2. The molecule has 0 fully saturated rings. The van der Waals surface area contributed by atoms with Crippen LogP contribution in [0.25, 0.3) is 0 Å². The fraction of sp³-hybridized carbons (Fsp3) is 0.600. The number of Topliss-reactive ketones (excluding diaryl/α,β-unsaturated/α-hetero) is 1. The monoisotopic (exact) mass is 248 g/mol. The molecule has 0 aromatic rings. The smallest absolute Gasteiger partial charge is 0.189 e. The van der Waals surface area contributed by atoms with Crippen molar-refractivity contribution in [1.82, 2.24) is 0 Å². The Morgan fingerprint density at radius 3 is 1.88 bits per heavy atom. The van der Waals surface area contributed by atoms with Crippen LogP contribution in [0.5, 0.6) is 0 Å². The average Bonchev–Trinajstić information content (AvgIpc) is 2.32. The molecule has 1 unspecified atom stereocenters. The Labute approximate surface area is 97.6 Å². The number of ketones is 1. The van der Waals surface area contributed by atoms with E-state index in [1.165, 1.54) is 6.92 Å². The number of carbonyl (C=O) groups excluding carboxylic acids is 2. The molecular weight excluding hydrogens is 232 g/mol. The van der Waals surface area contributed by atoms with E-state index in [2.05, 4.69) is 6.58 Å². The Balaban J connectivity index is 4.69. The van der Waals surface area contributed by atoms with Gasteiger partial charge in [-0.1, -0.05) is 6.58 Å². The Kier molecular flexibility index (Phi) is 6.14. The highest BCUT2D eigenvalue weighted by molar-refractivity contribution is 5.97. The molecule has 0 aliphatic carbocycles. The number of aliphatic hydroxyl groups excluding tert-OH is 5. The predicted octanol–water partition coefficient (Wildman–Crippen LogP) is -2.87. The maximum Gasteiger partial charge on any atom is 0.189 e. The molecule has 98 valence electrons. The van der Waals surface area contributed by atoms with E-state index in [4.69, 9.17) is 5.11 Å². The number of hydrogen-bond donors (Lipinski definition) is 5. The van der Waals surface area contributed by atoms with E-state index in [1.807, 2.05) is 0 Å². The summed E-state index contributed by atoms with van der Waals surface area (Å²) in [5, 5.41) is 46.1. The highest BCUT2D eigenvalue weighted by Crippen LogP contribution is 2.10. The van der Waals surface area contributed by atoms with Crippen molar-refractivity contribution in [1.29, 1.82) is 0 Å². The van der Waals surface area contributed by atoms with Crippen LogP contribution in [0.3, 0.4) is 0 Å². The summed E-state index contributed by atoms with van der Waals surface area (Å²) >= 11 is 0. The first kappa shape index (κ1) is 15.9. The second kappa shape index (κ2) is 6.58. The third kappa shape index (κ3) is 3.99. The summed E-state index contributed by atoms with van der Waals surface area (Å²) in [6.07, 6.45) is -10.1. The lowest BCUT2D eigenvalue weighted by molar-refractivity contribution is -0.152. The Bertz CT molecular complexity index is 301. The van der Waals surface area contributed by atoms with Crippen LogP contribution in [-0.4, -0.2) is 68.1 Å². The van der Waals surface area contributed by atoms with E-state index in [1.54, 1.807) is 0 Å². The Hall–Kier alpha value is -1.12. The van der Waals surface area contributed by atoms with Crippen LogP contribution in [0.2, 0.25) is 0 Å². The summed E-state index contributed by atoms with van der Waals surface area (Å²) in [7, 11) is 0. The van der Waals surface area contributed by atoms with E-state index in [9.17, 15) is 30.0 Å². The zero-order valence-corrected chi connectivity index (χ0v) is 9.22. The molecule has 0 spiro atoms. The number of hydrogen-bond acceptors (Lipinski definition) is 7. The predicted molar refractivity (Wildman–Crippen MR) is 55.9 cm³/mol. The Morgan fingerprint density at radius 2 is 1.53 bits per heavy atom. The van der Waals surface area contributed by atoms with Crippen molar-refractivity contribution in [3.8, 4) is 0 Å². The van der Waals surface area contributed by atoms with Gasteiger partial charge in [0.05, 0.1) is 0 Å². The fourth-order valence-corrected chi connectivity index (χ4v) is 1.08. The topological polar surface area (TPSA) is 135 Å². The standard InChI is InChI=1S/C10H16O7/c1-4(2)6(13)8(15)10(17)9(16)7(14)5(12)3-11/h3,5,7-10,12,14-17H,1H2,2H3/t5-,7+,8?,9-,10+/m0/s1. The van der Waals surface area contributed by atoms with Gasteiger partial charge in [0.2, 0.25) is 0 Å². The largest absolute Gasteiger partial charge is 0.387 e. The first-order chi connectivity index (χ1) is 7.73. The van der Waals surface area contributed by atoms with E-state index in [0.717, 1.165) is 0 Å². The number of carbonyl (C=O) groups is 2. The van der Waals surface area contributed by atoms with Crippen LogP contribution in [0, 0.1) is 0 Å². The van der Waals surface area contributed by atoms with Crippen LogP contribution >= 0.6 is 0 Å². The van der Waals surface area contributed by atoms with Crippen LogP contribution in [-0.2, 0) is 9.59 Å². The van der Waals surface area contributed by atoms with Gasteiger partial charge in [0, 0.05) is 0 Å². The average molecular weight is 248 g/mol. The first-order valence-electron chi connectivity index (χ1n) is 4.79. The van der Waals surface area contributed by atoms with E-state index in [0.29, 0.717) is 0 Å². The maximum atomic E-state index is 11.2. The molecule has 0 bridgehead atoms. The molecule has 5 N–H and O–H groups in total. The summed E-state index contributed by atoms with van der Waals surface area (Å²) in [5.41, 5.74) is -0.0471. The molecule has 17 heavy (non-hydrogen) atoms. The highest BCUT2D eigenvalue weighted by Gasteiger charge is 2.37. The molecule has 0 aliphatic heterocycles. The lowest BCUT2D eigenvalue weighted by Crippen LogP contribution is -2.51. The van der Waals surface area contributed by atoms with Gasteiger partial charge in [0.15, 0.2) is 12.1 Å². The molecule has 0 heterocycles. The molecule has 7 heteroatoms. The van der Waals surface area contributed by atoms with Gasteiger partial charge in [-0.2, -0.15) is 0 Å². The summed E-state index contributed by atoms with van der Waals surface area (Å²) < 4.78 is 0. The van der Waals surface area contributed by atoms with Crippen LogP contribution in [0.15, 0.2) is 12.2 Å². The van der Waals surface area contributed by atoms with E-state index < -0.39 is 36.3 Å². The second-order valence-corrected chi connectivity index (χ2v) is 3.69. The van der Waals surface area contributed by atoms with Crippen molar-refractivity contribution < 1.29 is 35.1 Å². The van der Waals surface area contributed by atoms with Crippen molar-refractivity contribution in [2.75, 3.05) is 0 Å². The fourth-order valence-electron chi connectivity index (χ4n) is 1.08. The Morgan fingerprint density at radius 1 is 1.06 bits per heavy atom. The lowest BCUT2D eigenvalue weighted by Gasteiger charge is -2.26. The summed E-state index contributed by atoms with van der Waals surface area (Å²) in [4.78, 5) is 21.4. The third-order valence-corrected chi connectivity index (χ3v) is 2.20. The number of aliphatic hydroxyl groups is 5. The van der Waals surface area contributed by atoms with Crippen LogP contribution in [0.4, 0.5) is 0 Å². The lowest BCUT2D eigenvalue weighted by atomic mass is 9.95. The van der Waals surface area contributed by atoms with Crippen molar-refractivity contribution in [3.63, 3.8) is 0 Å². The van der Waals surface area contributed by atoms with Crippen molar-refractivity contribution >= 4 is 12.1 Å². The van der Waals surface area contributed by atoms with Gasteiger partial charge < -0.3 is 30.3 Å². The minimum absolute atomic E-state index is 0.0471. The minimum atomic E-state index is -2.05. The molecular formula is C10H16O7. The molecule has 0 amide bonds. The highest BCUT2D eigenvalue weighted by atomic mass is 16.4. The zero-order chi connectivity index (χ0) is 13.7. The van der Waals surface area contributed by atoms with Gasteiger partial charge in [-0.15, -0.1) is 0 Å². The molecule has 0 saturated carbocycles. The van der Waals surface area contributed by atoms with E-state index >= 15 is 0 Å². The van der Waals surface area contributed by atoms with Gasteiger partial charge in [-0.05, 0) is 12.5 Å². The van der Waals surface area contributed by atoms with E-state index in [-0.39, 0.29) is 11.9 Å². The summed E-state index contributed by atoms with van der Waals surface area (Å²) in [6.45, 7) is 4.54. The molecule has 0 aromatic carbocycles. The van der Waals surface area contributed by atoms with Gasteiger partial charge in [-0.3, -0.25) is 4.79 Å². The van der Waals surface area contributed by atoms with Gasteiger partial charge in [-0.25, -0.2) is 0 Å².